The van der Waals surface area contributed by atoms with Crippen LogP contribution in [-0.2, 0) is 20.6 Å². The third-order valence-corrected chi connectivity index (χ3v) is 4.45. The average Bonchev–Trinajstić information content (AvgIpc) is 3.08. The van der Waals surface area contributed by atoms with Gasteiger partial charge in [-0.05, 0) is 36.6 Å². The van der Waals surface area contributed by atoms with Crippen LogP contribution >= 0.6 is 0 Å². The molecule has 0 saturated heterocycles. The summed E-state index contributed by atoms with van der Waals surface area (Å²) in [6.45, 7) is 1.89. The van der Waals surface area contributed by atoms with Crippen LogP contribution in [0.15, 0.2) is 45.7 Å². The van der Waals surface area contributed by atoms with Gasteiger partial charge in [-0.25, -0.2) is 14.3 Å². The predicted molar refractivity (Wildman–Crippen MR) is 113 cm³/mol. The lowest BCUT2D eigenvalue weighted by atomic mass is 10.2. The van der Waals surface area contributed by atoms with Gasteiger partial charge in [-0.15, -0.1) is 6.42 Å². The van der Waals surface area contributed by atoms with Crippen molar-refractivity contribution in [3.05, 3.63) is 68.3 Å². The normalized spacial score (nSPS) is 11.1. The van der Waals surface area contributed by atoms with Crippen molar-refractivity contribution >= 4 is 11.2 Å². The zero-order valence-corrected chi connectivity index (χ0v) is 16.8. The number of imidazole rings is 1. The van der Waals surface area contributed by atoms with E-state index >= 15 is 0 Å². The van der Waals surface area contributed by atoms with E-state index in [1.54, 1.807) is 36.7 Å². The number of ether oxygens (including phenoxy) is 1. The minimum Gasteiger partial charge on any atom is -0.516 e. The Hall–Kier alpha value is -4.17. The van der Waals surface area contributed by atoms with Crippen molar-refractivity contribution in [1.82, 2.24) is 18.7 Å². The Kier molecular flexibility index (Phi) is 5.80. The topological polar surface area (TPSA) is 91.3 Å². The highest BCUT2D eigenvalue weighted by Crippen LogP contribution is 2.14. The predicted octanol–water partition coefficient (Wildman–Crippen LogP) is 1.31. The summed E-state index contributed by atoms with van der Waals surface area (Å²) in [7, 11) is 3.19. The van der Waals surface area contributed by atoms with E-state index in [-0.39, 0.29) is 24.3 Å². The number of aliphatic hydroxyl groups excluding tert-OH is 1. The molecule has 1 N–H and O–H groups in total. The Balaban J connectivity index is 2.02. The zero-order valence-electron chi connectivity index (χ0n) is 16.8. The van der Waals surface area contributed by atoms with Crippen LogP contribution in [0.2, 0.25) is 0 Å². The number of aryl methyl sites for hydroxylation is 2. The molecular formula is C22H20N4O4. The lowest BCUT2D eigenvalue weighted by Crippen LogP contribution is -2.39. The van der Waals surface area contributed by atoms with Gasteiger partial charge in [-0.1, -0.05) is 17.9 Å². The zero-order chi connectivity index (χ0) is 21.8. The standard InChI is InChI=1S/C22H20N4O4/c1-5-11-26-21(28)19-20(25(4)22(26)29)23-18(24(19)3)10-9-16-7-6-8-17(12-16)30-14-15(2)13-27/h1,6-8,12-13,27H,11,14H2,2-4H3/b15-13+. The lowest BCUT2D eigenvalue weighted by Gasteiger charge is -2.05. The molecule has 0 radical (unpaired) electrons. The smallest absolute Gasteiger partial charge is 0.333 e. The van der Waals surface area contributed by atoms with Crippen molar-refractivity contribution in [2.45, 2.75) is 13.5 Å². The van der Waals surface area contributed by atoms with Gasteiger partial charge in [0.15, 0.2) is 17.0 Å². The first kappa shape index (κ1) is 20.6. The highest BCUT2D eigenvalue weighted by atomic mass is 16.5. The molecule has 0 saturated carbocycles. The summed E-state index contributed by atoms with van der Waals surface area (Å²) in [4.78, 5) is 29.4. The van der Waals surface area contributed by atoms with Crippen LogP contribution in [0.5, 0.6) is 5.75 Å². The summed E-state index contributed by atoms with van der Waals surface area (Å²) < 4.78 is 9.41. The maximum absolute atomic E-state index is 12.7. The van der Waals surface area contributed by atoms with Gasteiger partial charge < -0.3 is 14.4 Å². The maximum atomic E-state index is 12.7. The Bertz CT molecular complexity index is 1370. The summed E-state index contributed by atoms with van der Waals surface area (Å²) in [5.41, 5.74) is 0.835. The molecule has 3 aromatic rings. The van der Waals surface area contributed by atoms with E-state index in [0.29, 0.717) is 22.7 Å². The molecular weight excluding hydrogens is 384 g/mol. The third kappa shape index (κ3) is 3.85. The number of terminal acetylenes is 1. The van der Waals surface area contributed by atoms with Crippen molar-refractivity contribution in [3.8, 4) is 29.9 Å². The fourth-order valence-corrected chi connectivity index (χ4v) is 2.81. The monoisotopic (exact) mass is 404 g/mol. The van der Waals surface area contributed by atoms with Crippen LogP contribution in [0.4, 0.5) is 0 Å². The number of hydrogen-bond acceptors (Lipinski definition) is 5. The fourth-order valence-electron chi connectivity index (χ4n) is 2.81. The molecule has 0 aliphatic rings. The summed E-state index contributed by atoms with van der Waals surface area (Å²) in [6, 6.07) is 7.16. The first-order chi connectivity index (χ1) is 14.4. The summed E-state index contributed by atoms with van der Waals surface area (Å²) in [5, 5.41) is 8.94. The molecule has 2 aromatic heterocycles. The molecule has 8 heteroatoms. The molecule has 1 aromatic carbocycles. The third-order valence-electron chi connectivity index (χ3n) is 4.45. The number of rotatable bonds is 4. The van der Waals surface area contributed by atoms with Crippen LogP contribution in [0.3, 0.4) is 0 Å². The Labute approximate surface area is 172 Å². The highest BCUT2D eigenvalue weighted by Gasteiger charge is 2.17. The van der Waals surface area contributed by atoms with E-state index in [0.717, 1.165) is 10.8 Å². The van der Waals surface area contributed by atoms with Gasteiger partial charge in [0, 0.05) is 19.7 Å². The highest BCUT2D eigenvalue weighted by molar-refractivity contribution is 5.72. The minimum atomic E-state index is -0.528. The number of benzene rings is 1. The van der Waals surface area contributed by atoms with Gasteiger partial charge in [0.2, 0.25) is 0 Å². The van der Waals surface area contributed by atoms with Crippen LogP contribution in [0.1, 0.15) is 18.3 Å². The Morgan fingerprint density at radius 1 is 1.27 bits per heavy atom. The number of nitrogens with zero attached hydrogens (tertiary/aromatic N) is 4. The summed E-state index contributed by atoms with van der Waals surface area (Å²) in [6.07, 6.45) is 6.28. The lowest BCUT2D eigenvalue weighted by molar-refractivity contribution is 0.343. The molecule has 0 aliphatic carbocycles. The second kappa shape index (κ2) is 8.46. The van der Waals surface area contributed by atoms with Crippen LogP contribution < -0.4 is 16.0 Å². The first-order valence-electron chi connectivity index (χ1n) is 9.01. The van der Waals surface area contributed by atoms with Crippen LogP contribution in [0, 0.1) is 24.2 Å². The van der Waals surface area contributed by atoms with Crippen molar-refractivity contribution < 1.29 is 9.84 Å². The van der Waals surface area contributed by atoms with Crippen molar-refractivity contribution in [1.29, 1.82) is 0 Å². The molecule has 0 spiro atoms. The second-order valence-electron chi connectivity index (χ2n) is 6.65. The number of aromatic nitrogens is 4. The largest absolute Gasteiger partial charge is 0.516 e. The van der Waals surface area contributed by atoms with Gasteiger partial charge >= 0.3 is 5.69 Å². The van der Waals surface area contributed by atoms with Crippen molar-refractivity contribution in [2.75, 3.05) is 6.61 Å². The van der Waals surface area contributed by atoms with Crippen LogP contribution in [0.25, 0.3) is 11.2 Å². The van der Waals surface area contributed by atoms with E-state index in [9.17, 15) is 9.59 Å². The van der Waals surface area contributed by atoms with Gasteiger partial charge in [-0.3, -0.25) is 9.36 Å². The molecule has 8 nitrogen and oxygen atoms in total. The molecule has 2 heterocycles. The quantitative estimate of drug-likeness (QED) is 0.523. The Morgan fingerprint density at radius 2 is 2.03 bits per heavy atom. The van der Waals surface area contributed by atoms with Gasteiger partial charge in [0.1, 0.15) is 12.4 Å². The van der Waals surface area contributed by atoms with Gasteiger partial charge in [-0.2, -0.15) is 0 Å². The van der Waals surface area contributed by atoms with E-state index in [2.05, 4.69) is 22.7 Å². The van der Waals surface area contributed by atoms with E-state index in [1.807, 2.05) is 6.07 Å². The molecule has 0 unspecified atom stereocenters. The van der Waals surface area contributed by atoms with E-state index in [1.165, 1.54) is 11.6 Å². The molecule has 3 rings (SSSR count). The minimum absolute atomic E-state index is 0.120. The number of fused-ring (bicyclic) bond motifs is 1. The van der Waals surface area contributed by atoms with Crippen LogP contribution in [-0.4, -0.2) is 30.4 Å². The van der Waals surface area contributed by atoms with Gasteiger partial charge in [0.05, 0.1) is 12.8 Å². The summed E-state index contributed by atoms with van der Waals surface area (Å²) >= 11 is 0. The van der Waals surface area contributed by atoms with Gasteiger partial charge in [0.25, 0.3) is 5.56 Å². The Morgan fingerprint density at radius 3 is 2.73 bits per heavy atom. The fraction of sp³-hybridized carbons (Fsp3) is 0.227. The maximum Gasteiger partial charge on any atom is 0.333 e. The van der Waals surface area contributed by atoms with Crippen molar-refractivity contribution in [3.63, 3.8) is 0 Å². The second-order valence-corrected chi connectivity index (χ2v) is 6.65. The molecule has 0 atom stereocenters. The molecule has 0 bridgehead atoms. The molecule has 0 aliphatic heterocycles. The average molecular weight is 404 g/mol. The number of hydrogen-bond donors (Lipinski definition) is 1. The van der Waals surface area contributed by atoms with E-state index in [4.69, 9.17) is 16.3 Å². The van der Waals surface area contributed by atoms with Crippen molar-refractivity contribution in [2.24, 2.45) is 14.1 Å². The number of aliphatic hydroxyl groups is 1. The van der Waals surface area contributed by atoms with E-state index < -0.39 is 11.2 Å². The first-order valence-corrected chi connectivity index (χ1v) is 9.01. The molecule has 0 fully saturated rings. The molecule has 152 valence electrons. The SMILES string of the molecule is C#CCn1c(=O)c2c(nc(C#Cc3cccc(OC/C(C)=C/O)c3)n2C)n(C)c1=O. The molecule has 0 amide bonds. The summed E-state index contributed by atoms with van der Waals surface area (Å²) in [5.74, 6) is 9.19. The molecule has 30 heavy (non-hydrogen) atoms.